The zero-order valence-corrected chi connectivity index (χ0v) is 26.6. The number of nitrogens with zero attached hydrogens (tertiary/aromatic N) is 1. The maximum Gasteiger partial charge on any atom is 0.290 e. The predicted molar refractivity (Wildman–Crippen MR) is 171 cm³/mol. The Morgan fingerprint density at radius 3 is 2.34 bits per heavy atom. The van der Waals surface area contributed by atoms with Crippen LogP contribution in [-0.4, -0.2) is 44.8 Å². The molecule has 0 bridgehead atoms. The summed E-state index contributed by atoms with van der Waals surface area (Å²) >= 11 is 0. The molecule has 1 aliphatic heterocycles. The van der Waals surface area contributed by atoms with E-state index in [0.29, 0.717) is 71.6 Å². The summed E-state index contributed by atoms with van der Waals surface area (Å²) in [6, 6.07) is 14.5. The van der Waals surface area contributed by atoms with Crippen molar-refractivity contribution in [1.29, 1.82) is 0 Å². The summed E-state index contributed by atoms with van der Waals surface area (Å²) in [4.78, 5) is 30.0. The lowest BCUT2D eigenvalue weighted by atomic mass is 9.96. The van der Waals surface area contributed by atoms with Crippen molar-refractivity contribution in [2.24, 2.45) is 5.92 Å². The van der Waals surface area contributed by atoms with Crippen LogP contribution in [0.1, 0.15) is 71.6 Å². The first-order chi connectivity index (χ1) is 21.2. The Labute approximate surface area is 258 Å². The zero-order chi connectivity index (χ0) is 31.5. The van der Waals surface area contributed by atoms with Gasteiger partial charge < -0.3 is 28.3 Å². The highest BCUT2D eigenvalue weighted by atomic mass is 16.5. The van der Waals surface area contributed by atoms with Gasteiger partial charge in [0.1, 0.15) is 5.58 Å². The first-order valence-electron chi connectivity index (χ1n) is 15.2. The van der Waals surface area contributed by atoms with Crippen molar-refractivity contribution in [1.82, 2.24) is 4.90 Å². The molecule has 1 aromatic heterocycles. The number of carbonyl (C=O) groups is 1. The quantitative estimate of drug-likeness (QED) is 0.173. The van der Waals surface area contributed by atoms with Crippen LogP contribution in [0.25, 0.3) is 11.0 Å². The van der Waals surface area contributed by atoms with E-state index in [4.69, 9.17) is 23.4 Å². The van der Waals surface area contributed by atoms with Gasteiger partial charge >= 0.3 is 0 Å². The van der Waals surface area contributed by atoms with Gasteiger partial charge in [0.15, 0.2) is 28.4 Å². The van der Waals surface area contributed by atoms with Gasteiger partial charge in [-0.05, 0) is 92.1 Å². The van der Waals surface area contributed by atoms with Gasteiger partial charge in [-0.25, -0.2) is 0 Å². The van der Waals surface area contributed by atoms with E-state index in [2.05, 4.69) is 13.8 Å². The average Bonchev–Trinajstić information content (AvgIpc) is 3.28. The zero-order valence-electron chi connectivity index (χ0n) is 26.6. The highest BCUT2D eigenvalue weighted by molar-refractivity contribution is 5.99. The Morgan fingerprint density at radius 1 is 0.886 bits per heavy atom. The lowest BCUT2D eigenvalue weighted by Gasteiger charge is -2.26. The molecule has 3 aromatic carbocycles. The van der Waals surface area contributed by atoms with Gasteiger partial charge in [0.2, 0.25) is 5.76 Å². The Bertz CT molecular complexity index is 1740. The van der Waals surface area contributed by atoms with E-state index in [-0.39, 0.29) is 17.1 Å². The molecule has 8 heteroatoms. The predicted octanol–water partition coefficient (Wildman–Crippen LogP) is 7.04. The molecule has 1 unspecified atom stereocenters. The number of amides is 1. The van der Waals surface area contributed by atoms with Crippen molar-refractivity contribution >= 4 is 16.9 Å². The first kappa shape index (κ1) is 31.0. The number of hydrogen-bond acceptors (Lipinski definition) is 7. The first-order valence-corrected chi connectivity index (χ1v) is 15.2. The van der Waals surface area contributed by atoms with E-state index in [1.165, 1.54) is 0 Å². The van der Waals surface area contributed by atoms with Gasteiger partial charge in [-0.1, -0.05) is 32.0 Å². The third kappa shape index (κ3) is 5.98. The number of fused-ring (bicyclic) bond motifs is 2. The van der Waals surface area contributed by atoms with Crippen LogP contribution in [0.4, 0.5) is 0 Å². The van der Waals surface area contributed by atoms with E-state index >= 15 is 0 Å². The van der Waals surface area contributed by atoms with E-state index in [0.717, 1.165) is 28.7 Å². The minimum Gasteiger partial charge on any atom is -0.493 e. The van der Waals surface area contributed by atoms with Gasteiger partial charge in [-0.3, -0.25) is 9.59 Å². The second kappa shape index (κ2) is 13.0. The summed E-state index contributed by atoms with van der Waals surface area (Å²) in [5.74, 6) is 2.72. The molecular weight excluding hydrogens is 558 g/mol. The average molecular weight is 600 g/mol. The van der Waals surface area contributed by atoms with E-state index in [9.17, 15) is 9.59 Å². The van der Waals surface area contributed by atoms with Crippen LogP contribution >= 0.6 is 0 Å². The van der Waals surface area contributed by atoms with Crippen molar-refractivity contribution in [3.63, 3.8) is 0 Å². The molecule has 0 spiro atoms. The van der Waals surface area contributed by atoms with Crippen LogP contribution < -0.4 is 24.4 Å². The number of rotatable bonds is 12. The van der Waals surface area contributed by atoms with Crippen molar-refractivity contribution in [3.8, 4) is 23.0 Å². The number of hydrogen-bond donors (Lipinski definition) is 0. The van der Waals surface area contributed by atoms with E-state index in [1.54, 1.807) is 19.1 Å². The molecule has 2 heterocycles. The van der Waals surface area contributed by atoms with Gasteiger partial charge in [-0.2, -0.15) is 0 Å². The van der Waals surface area contributed by atoms with Crippen molar-refractivity contribution in [2.75, 3.05) is 34.0 Å². The van der Waals surface area contributed by atoms with Crippen LogP contribution in [0.2, 0.25) is 0 Å². The van der Waals surface area contributed by atoms with Crippen LogP contribution in [0, 0.1) is 19.8 Å². The number of benzene rings is 3. The summed E-state index contributed by atoms with van der Waals surface area (Å²) in [6.07, 6.45) is 1.44. The Balaban J connectivity index is 1.60. The van der Waals surface area contributed by atoms with Gasteiger partial charge in [0.05, 0.1) is 44.4 Å². The third-order valence-electron chi connectivity index (χ3n) is 8.02. The highest BCUT2D eigenvalue weighted by Crippen LogP contribution is 2.42. The Kier molecular flexibility index (Phi) is 9.18. The van der Waals surface area contributed by atoms with Gasteiger partial charge in [0, 0.05) is 6.54 Å². The largest absolute Gasteiger partial charge is 0.493 e. The van der Waals surface area contributed by atoms with Crippen molar-refractivity contribution in [2.45, 2.75) is 53.5 Å². The van der Waals surface area contributed by atoms with Crippen LogP contribution in [-0.2, 0) is 6.42 Å². The fourth-order valence-corrected chi connectivity index (χ4v) is 5.82. The lowest BCUT2D eigenvalue weighted by molar-refractivity contribution is 0.0729. The number of aryl methyl sites for hydroxylation is 2. The monoisotopic (exact) mass is 599 g/mol. The maximum absolute atomic E-state index is 14.2. The molecule has 8 nitrogen and oxygen atoms in total. The van der Waals surface area contributed by atoms with Gasteiger partial charge in [0.25, 0.3) is 5.91 Å². The van der Waals surface area contributed by atoms with E-state index in [1.807, 2.05) is 69.3 Å². The van der Waals surface area contributed by atoms with E-state index < -0.39 is 6.04 Å². The second-order valence-corrected chi connectivity index (χ2v) is 11.6. The smallest absolute Gasteiger partial charge is 0.290 e. The molecule has 0 saturated carbocycles. The molecule has 0 aliphatic carbocycles. The van der Waals surface area contributed by atoms with Crippen LogP contribution in [0.15, 0.2) is 57.7 Å². The minimum absolute atomic E-state index is 0.0852. The SMILES string of the molecule is CCOc1cc(C2c3c(oc4c(C)cc(C)cc4c3=O)C(=O)N2CCc2ccc(OC)c(OC)c2)ccc1OCCC(C)C. The standard InChI is InChI=1S/C36H41NO7/c1-8-42-30-20-25(10-12-28(30)43-16-14-21(2)3)32-31-33(38)26-18-22(4)17-23(5)34(26)44-35(31)36(39)37(32)15-13-24-9-11-27(40-6)29(19-24)41-7/h9-12,17-21,32H,8,13-16H2,1-7H3. The molecule has 44 heavy (non-hydrogen) atoms. The molecule has 1 aliphatic rings. The normalized spacial score (nSPS) is 14.3. The topological polar surface area (TPSA) is 87.4 Å². The molecule has 0 radical (unpaired) electrons. The summed E-state index contributed by atoms with van der Waals surface area (Å²) < 4.78 is 29.2. The Hall–Kier alpha value is -4.46. The molecule has 0 saturated heterocycles. The fourth-order valence-electron chi connectivity index (χ4n) is 5.82. The lowest BCUT2D eigenvalue weighted by Crippen LogP contribution is -2.31. The molecular formula is C36H41NO7. The van der Waals surface area contributed by atoms with Crippen molar-refractivity contribution in [3.05, 3.63) is 92.3 Å². The molecule has 5 rings (SSSR count). The summed E-state index contributed by atoms with van der Waals surface area (Å²) in [7, 11) is 3.19. The fraction of sp³-hybridized carbons (Fsp3) is 0.389. The van der Waals surface area contributed by atoms with Crippen molar-refractivity contribution < 1.29 is 28.2 Å². The van der Waals surface area contributed by atoms with Crippen LogP contribution in [0.3, 0.4) is 0 Å². The molecule has 232 valence electrons. The molecule has 1 amide bonds. The molecule has 4 aromatic rings. The van der Waals surface area contributed by atoms with Gasteiger partial charge in [-0.15, -0.1) is 0 Å². The molecule has 1 atom stereocenters. The Morgan fingerprint density at radius 2 is 1.64 bits per heavy atom. The summed E-state index contributed by atoms with van der Waals surface area (Å²) in [6.45, 7) is 11.4. The molecule has 0 fully saturated rings. The highest BCUT2D eigenvalue weighted by Gasteiger charge is 2.43. The number of methoxy groups -OCH3 is 2. The second-order valence-electron chi connectivity index (χ2n) is 11.6. The summed E-state index contributed by atoms with van der Waals surface area (Å²) in [5.41, 5.74) is 4.07. The minimum atomic E-state index is -0.664. The third-order valence-corrected chi connectivity index (χ3v) is 8.02. The maximum atomic E-state index is 14.2. The molecule has 0 N–H and O–H groups in total. The number of ether oxygens (including phenoxy) is 4. The summed E-state index contributed by atoms with van der Waals surface area (Å²) in [5, 5.41) is 0.472. The number of carbonyl (C=O) groups excluding carboxylic acids is 1. The van der Waals surface area contributed by atoms with Crippen LogP contribution in [0.5, 0.6) is 23.0 Å².